The van der Waals surface area contributed by atoms with Gasteiger partial charge >= 0.3 is 0 Å². The number of aromatic nitrogens is 3. The van der Waals surface area contributed by atoms with E-state index in [1.807, 2.05) is 37.4 Å². The van der Waals surface area contributed by atoms with E-state index in [1.165, 1.54) is 0 Å². The fraction of sp³-hybridized carbons (Fsp3) is 0.280. The van der Waals surface area contributed by atoms with Crippen LogP contribution in [0.25, 0.3) is 33.1 Å². The summed E-state index contributed by atoms with van der Waals surface area (Å²) in [5.74, 6) is -0.0417. The molecule has 1 fully saturated rings. The molecule has 0 saturated carbocycles. The highest BCUT2D eigenvalue weighted by Gasteiger charge is 2.20. The molecule has 162 valence electrons. The number of amides is 1. The Morgan fingerprint density at radius 1 is 1.19 bits per heavy atom. The minimum atomic E-state index is -0.0417. The highest BCUT2D eigenvalue weighted by atomic mass is 16.5. The maximum Gasteiger partial charge on any atom is 0.258 e. The predicted octanol–water partition coefficient (Wildman–Crippen LogP) is 3.40. The first-order chi connectivity index (χ1) is 15.5. The zero-order valence-corrected chi connectivity index (χ0v) is 18.1. The second kappa shape index (κ2) is 8.16. The molecule has 1 unspecified atom stereocenters. The summed E-state index contributed by atoms with van der Waals surface area (Å²) >= 11 is 0. The monoisotopic (exact) mass is 428 g/mol. The number of hydrogen-bond donors (Lipinski definition) is 0. The standard InChI is InChI=1S/C25H24N4O3/c1-28(11-8-19-9-12-32-19)24(30)18-4-6-21-22(14-18)27-23(15-26-21)17-3-5-20-16(13-17)7-10-29(2)25(20)31/h3-7,10,13-15,19H,8-9,11-12H2,1-2H3. The van der Waals surface area contributed by atoms with E-state index in [4.69, 9.17) is 9.72 Å². The quantitative estimate of drug-likeness (QED) is 0.487. The van der Waals surface area contributed by atoms with Crippen LogP contribution in [0.3, 0.4) is 0 Å². The zero-order valence-electron chi connectivity index (χ0n) is 18.1. The van der Waals surface area contributed by atoms with E-state index in [0.29, 0.717) is 28.7 Å². The molecule has 2 aromatic carbocycles. The van der Waals surface area contributed by atoms with Crippen molar-refractivity contribution in [1.29, 1.82) is 0 Å². The number of pyridine rings is 1. The maximum atomic E-state index is 12.9. The molecule has 7 nitrogen and oxygen atoms in total. The Morgan fingerprint density at radius 3 is 2.81 bits per heavy atom. The Bertz CT molecular complexity index is 1390. The van der Waals surface area contributed by atoms with Crippen LogP contribution in [0.1, 0.15) is 23.2 Å². The van der Waals surface area contributed by atoms with E-state index in [1.54, 1.807) is 41.0 Å². The third kappa shape index (κ3) is 3.76. The fourth-order valence-corrected chi connectivity index (χ4v) is 3.96. The molecule has 0 N–H and O–H groups in total. The largest absolute Gasteiger partial charge is 0.378 e. The van der Waals surface area contributed by atoms with Crippen LogP contribution in [0.4, 0.5) is 0 Å². The van der Waals surface area contributed by atoms with E-state index >= 15 is 0 Å². The minimum absolute atomic E-state index is 0.0326. The van der Waals surface area contributed by atoms with Gasteiger partial charge in [-0.05, 0) is 54.6 Å². The number of carbonyl (C=O) groups excluding carboxylic acids is 1. The molecule has 1 amide bonds. The lowest BCUT2D eigenvalue weighted by atomic mass is 10.1. The molecule has 7 heteroatoms. The molecular formula is C25H24N4O3. The molecule has 0 radical (unpaired) electrons. The van der Waals surface area contributed by atoms with Crippen molar-refractivity contribution in [3.05, 3.63) is 70.8 Å². The van der Waals surface area contributed by atoms with Crippen LogP contribution in [0.15, 0.2) is 59.7 Å². The molecule has 32 heavy (non-hydrogen) atoms. The minimum Gasteiger partial charge on any atom is -0.378 e. The van der Waals surface area contributed by atoms with Gasteiger partial charge < -0.3 is 14.2 Å². The molecule has 0 bridgehead atoms. The summed E-state index contributed by atoms with van der Waals surface area (Å²) in [7, 11) is 3.55. The van der Waals surface area contributed by atoms with Crippen molar-refractivity contribution in [2.45, 2.75) is 18.9 Å². The van der Waals surface area contributed by atoms with Crippen molar-refractivity contribution in [2.75, 3.05) is 20.2 Å². The summed E-state index contributed by atoms with van der Waals surface area (Å²) in [5, 5.41) is 1.52. The average molecular weight is 428 g/mol. The predicted molar refractivity (Wildman–Crippen MR) is 124 cm³/mol. The average Bonchev–Trinajstić information content (AvgIpc) is 2.79. The Balaban J connectivity index is 1.44. The first-order valence-corrected chi connectivity index (χ1v) is 10.7. The van der Waals surface area contributed by atoms with Crippen LogP contribution >= 0.6 is 0 Å². The molecule has 0 spiro atoms. The lowest BCUT2D eigenvalue weighted by Crippen LogP contribution is -2.34. The van der Waals surface area contributed by atoms with Gasteiger partial charge in [0, 0.05) is 50.0 Å². The Labute approximate surface area is 185 Å². The fourth-order valence-electron chi connectivity index (χ4n) is 3.96. The summed E-state index contributed by atoms with van der Waals surface area (Å²) in [6.45, 7) is 1.48. The molecule has 2 aromatic heterocycles. The van der Waals surface area contributed by atoms with Crippen LogP contribution in [0.2, 0.25) is 0 Å². The highest BCUT2D eigenvalue weighted by molar-refractivity contribution is 5.97. The van der Waals surface area contributed by atoms with Crippen LogP contribution in [0, 0.1) is 0 Å². The van der Waals surface area contributed by atoms with Crippen LogP contribution in [-0.2, 0) is 11.8 Å². The first-order valence-electron chi connectivity index (χ1n) is 10.7. The Hall–Kier alpha value is -3.58. The first kappa shape index (κ1) is 20.3. The SMILES string of the molecule is CN(CCC1CCO1)C(=O)c1ccc2ncc(-c3ccc4c(=O)n(C)ccc4c3)nc2c1. The summed E-state index contributed by atoms with van der Waals surface area (Å²) in [6, 6.07) is 13.0. The zero-order chi connectivity index (χ0) is 22.2. The van der Waals surface area contributed by atoms with Gasteiger partial charge in [0.2, 0.25) is 0 Å². The Kier molecular flexibility index (Phi) is 5.19. The second-order valence-corrected chi connectivity index (χ2v) is 8.29. The molecule has 1 aliphatic rings. The van der Waals surface area contributed by atoms with E-state index in [0.717, 1.165) is 35.9 Å². The number of carbonyl (C=O) groups is 1. The van der Waals surface area contributed by atoms with Crippen molar-refractivity contribution < 1.29 is 9.53 Å². The number of ether oxygens (including phenoxy) is 1. The topological polar surface area (TPSA) is 77.3 Å². The normalized spacial score (nSPS) is 15.6. The second-order valence-electron chi connectivity index (χ2n) is 8.29. The Morgan fingerprint density at radius 2 is 2.03 bits per heavy atom. The van der Waals surface area contributed by atoms with Gasteiger partial charge in [0.05, 0.1) is 29.0 Å². The molecule has 1 saturated heterocycles. The molecule has 1 atom stereocenters. The van der Waals surface area contributed by atoms with Gasteiger partial charge in [-0.3, -0.25) is 14.6 Å². The third-order valence-electron chi connectivity index (χ3n) is 6.09. The van der Waals surface area contributed by atoms with Gasteiger partial charge in [0.1, 0.15) is 0 Å². The molecule has 4 aromatic rings. The number of rotatable bonds is 5. The van der Waals surface area contributed by atoms with Crippen molar-refractivity contribution in [3.63, 3.8) is 0 Å². The number of hydrogen-bond acceptors (Lipinski definition) is 5. The third-order valence-corrected chi connectivity index (χ3v) is 6.09. The van der Waals surface area contributed by atoms with Gasteiger partial charge in [0.15, 0.2) is 0 Å². The van der Waals surface area contributed by atoms with Gasteiger partial charge in [-0.1, -0.05) is 6.07 Å². The molecule has 1 aliphatic heterocycles. The molecule has 5 rings (SSSR count). The van der Waals surface area contributed by atoms with Gasteiger partial charge in [-0.2, -0.15) is 0 Å². The smallest absolute Gasteiger partial charge is 0.258 e. The van der Waals surface area contributed by atoms with E-state index in [9.17, 15) is 9.59 Å². The van der Waals surface area contributed by atoms with E-state index in [-0.39, 0.29) is 17.6 Å². The van der Waals surface area contributed by atoms with Gasteiger partial charge in [0.25, 0.3) is 11.5 Å². The van der Waals surface area contributed by atoms with Gasteiger partial charge in [-0.25, -0.2) is 4.98 Å². The molecule has 3 heterocycles. The van der Waals surface area contributed by atoms with Gasteiger partial charge in [-0.15, -0.1) is 0 Å². The van der Waals surface area contributed by atoms with Crippen molar-refractivity contribution in [2.24, 2.45) is 7.05 Å². The molecule has 0 aliphatic carbocycles. The number of benzene rings is 2. The summed E-state index contributed by atoms with van der Waals surface area (Å²) in [6.07, 6.45) is 5.67. The number of nitrogens with zero attached hydrogens (tertiary/aromatic N) is 4. The van der Waals surface area contributed by atoms with Crippen molar-refractivity contribution in [1.82, 2.24) is 19.4 Å². The summed E-state index contributed by atoms with van der Waals surface area (Å²) in [4.78, 5) is 36.2. The van der Waals surface area contributed by atoms with Crippen LogP contribution < -0.4 is 5.56 Å². The van der Waals surface area contributed by atoms with E-state index in [2.05, 4.69) is 4.98 Å². The van der Waals surface area contributed by atoms with E-state index < -0.39 is 0 Å². The van der Waals surface area contributed by atoms with Crippen LogP contribution in [0.5, 0.6) is 0 Å². The van der Waals surface area contributed by atoms with Crippen LogP contribution in [-0.4, -0.2) is 51.6 Å². The lowest BCUT2D eigenvalue weighted by Gasteiger charge is -2.28. The van der Waals surface area contributed by atoms with Crippen molar-refractivity contribution in [3.8, 4) is 11.3 Å². The lowest BCUT2D eigenvalue weighted by molar-refractivity contribution is -0.0566. The van der Waals surface area contributed by atoms with Crippen molar-refractivity contribution >= 4 is 27.7 Å². The number of fused-ring (bicyclic) bond motifs is 2. The molecular weight excluding hydrogens is 404 g/mol. The highest BCUT2D eigenvalue weighted by Crippen LogP contribution is 2.24. The maximum absolute atomic E-state index is 12.9. The summed E-state index contributed by atoms with van der Waals surface area (Å²) < 4.78 is 7.01. The summed E-state index contributed by atoms with van der Waals surface area (Å²) in [5.41, 5.74) is 3.51. The number of aryl methyl sites for hydroxylation is 1.